The van der Waals surface area contributed by atoms with Crippen LogP contribution in [-0.4, -0.2) is 26.0 Å². The van der Waals surface area contributed by atoms with Gasteiger partial charge in [0.1, 0.15) is 0 Å². The van der Waals surface area contributed by atoms with Crippen molar-refractivity contribution in [3.05, 3.63) is 18.2 Å². The summed E-state index contributed by atoms with van der Waals surface area (Å²) in [4.78, 5) is 6.32. The van der Waals surface area contributed by atoms with Crippen LogP contribution in [0, 0.1) is 0 Å². The Hall–Kier alpha value is -1.18. The third kappa shape index (κ3) is 2.88. The molecule has 0 aliphatic rings. The van der Waals surface area contributed by atoms with Crippen LogP contribution in [0.15, 0.2) is 22.5 Å². The van der Waals surface area contributed by atoms with Gasteiger partial charge in [-0.1, -0.05) is 0 Å². The molecule has 0 unspecified atom stereocenters. The molecule has 0 atom stereocenters. The van der Waals surface area contributed by atoms with Crippen LogP contribution >= 0.6 is 11.3 Å². The lowest BCUT2D eigenvalue weighted by Gasteiger charge is -2.27. The number of sulfonamides is 1. The van der Waals surface area contributed by atoms with E-state index in [1.54, 1.807) is 0 Å². The van der Waals surface area contributed by atoms with Gasteiger partial charge in [-0.3, -0.25) is 0 Å². The Bertz CT molecular complexity index is 692. The van der Waals surface area contributed by atoms with E-state index in [0.29, 0.717) is 11.6 Å². The van der Waals surface area contributed by atoms with E-state index < -0.39 is 10.0 Å². The van der Waals surface area contributed by atoms with Gasteiger partial charge in [-0.15, -0.1) is 11.3 Å². The first kappa shape index (κ1) is 14.2. The standard InChI is InChI=1S/C12H17N3O2S2/c1-4-15(8(2)3)9-5-6-11-10(7-9)14-12(18-11)19(13,16)17/h5-8H,4H2,1-3H3,(H2,13,16,17). The monoisotopic (exact) mass is 299 g/mol. The number of thiazole rings is 1. The number of rotatable bonds is 4. The number of fused-ring (bicyclic) bond motifs is 1. The van der Waals surface area contributed by atoms with Crippen LogP contribution in [0.25, 0.3) is 10.2 Å². The summed E-state index contributed by atoms with van der Waals surface area (Å²) >= 11 is 1.10. The molecule has 19 heavy (non-hydrogen) atoms. The zero-order valence-electron chi connectivity index (χ0n) is 11.1. The summed E-state index contributed by atoms with van der Waals surface area (Å²) in [6, 6.07) is 6.15. The van der Waals surface area contributed by atoms with E-state index in [1.807, 2.05) is 18.2 Å². The molecular weight excluding hydrogens is 282 g/mol. The highest BCUT2D eigenvalue weighted by atomic mass is 32.2. The molecule has 0 saturated carbocycles. The maximum absolute atomic E-state index is 11.3. The first-order valence-electron chi connectivity index (χ1n) is 6.03. The minimum atomic E-state index is -3.73. The first-order valence-corrected chi connectivity index (χ1v) is 8.39. The van der Waals surface area contributed by atoms with Gasteiger partial charge in [-0.05, 0) is 39.0 Å². The Labute approximate surface area is 117 Å². The van der Waals surface area contributed by atoms with Crippen molar-refractivity contribution >= 4 is 37.3 Å². The van der Waals surface area contributed by atoms with Crippen molar-refractivity contribution in [1.82, 2.24) is 4.98 Å². The fourth-order valence-corrected chi connectivity index (χ4v) is 3.68. The smallest absolute Gasteiger partial charge is 0.265 e. The Morgan fingerprint density at radius 3 is 2.63 bits per heavy atom. The molecule has 0 spiro atoms. The molecule has 2 rings (SSSR count). The summed E-state index contributed by atoms with van der Waals surface area (Å²) in [6.45, 7) is 7.20. The zero-order valence-corrected chi connectivity index (χ0v) is 12.8. The molecule has 1 aromatic heterocycles. The lowest BCUT2D eigenvalue weighted by molar-refractivity contribution is 0.597. The third-order valence-electron chi connectivity index (χ3n) is 2.89. The summed E-state index contributed by atoms with van der Waals surface area (Å²) in [7, 11) is -3.73. The second-order valence-electron chi connectivity index (χ2n) is 4.56. The highest BCUT2D eigenvalue weighted by molar-refractivity contribution is 7.91. The molecule has 0 fully saturated rings. The second kappa shape index (κ2) is 5.07. The average molecular weight is 299 g/mol. The first-order chi connectivity index (χ1) is 8.82. The number of nitrogens with two attached hydrogens (primary N) is 1. The predicted octanol–water partition coefficient (Wildman–Crippen LogP) is 2.18. The Balaban J connectivity index is 2.52. The van der Waals surface area contributed by atoms with Gasteiger partial charge in [-0.25, -0.2) is 18.5 Å². The quantitative estimate of drug-likeness (QED) is 0.938. The fraction of sp³-hybridized carbons (Fsp3) is 0.417. The molecular formula is C12H17N3O2S2. The molecule has 2 N–H and O–H groups in total. The number of benzene rings is 1. The van der Waals surface area contributed by atoms with Crippen LogP contribution in [0.3, 0.4) is 0 Å². The zero-order chi connectivity index (χ0) is 14.2. The third-order valence-corrected chi connectivity index (χ3v) is 5.25. The van der Waals surface area contributed by atoms with Gasteiger partial charge < -0.3 is 4.90 Å². The molecule has 1 aromatic carbocycles. The summed E-state index contributed by atoms with van der Waals surface area (Å²) in [5.41, 5.74) is 1.71. The highest BCUT2D eigenvalue weighted by Gasteiger charge is 2.16. The molecule has 7 heteroatoms. The Morgan fingerprint density at radius 2 is 2.11 bits per heavy atom. The lowest BCUT2D eigenvalue weighted by atomic mass is 10.2. The van der Waals surface area contributed by atoms with Crippen molar-refractivity contribution in [3.8, 4) is 0 Å². The summed E-state index contributed by atoms with van der Waals surface area (Å²) in [5, 5.41) is 5.10. The molecule has 1 heterocycles. The maximum Gasteiger partial charge on any atom is 0.265 e. The number of hydrogen-bond acceptors (Lipinski definition) is 5. The fourth-order valence-electron chi connectivity index (χ4n) is 2.04. The number of hydrogen-bond donors (Lipinski definition) is 1. The van der Waals surface area contributed by atoms with Gasteiger partial charge >= 0.3 is 0 Å². The molecule has 0 aliphatic heterocycles. The molecule has 5 nitrogen and oxygen atoms in total. The van der Waals surface area contributed by atoms with Crippen LogP contribution < -0.4 is 10.0 Å². The van der Waals surface area contributed by atoms with Crippen molar-refractivity contribution < 1.29 is 8.42 Å². The van der Waals surface area contributed by atoms with E-state index in [-0.39, 0.29) is 4.34 Å². The number of anilines is 1. The van der Waals surface area contributed by atoms with Gasteiger partial charge in [0.15, 0.2) is 0 Å². The van der Waals surface area contributed by atoms with E-state index in [2.05, 4.69) is 30.7 Å². The second-order valence-corrected chi connectivity index (χ2v) is 7.32. The normalized spacial score (nSPS) is 12.3. The van der Waals surface area contributed by atoms with Crippen molar-refractivity contribution in [2.75, 3.05) is 11.4 Å². The van der Waals surface area contributed by atoms with Crippen molar-refractivity contribution in [1.29, 1.82) is 0 Å². The lowest BCUT2D eigenvalue weighted by Crippen LogP contribution is -2.30. The molecule has 0 amide bonds. The molecule has 0 bridgehead atoms. The average Bonchev–Trinajstić information content (AvgIpc) is 2.72. The molecule has 0 radical (unpaired) electrons. The van der Waals surface area contributed by atoms with Crippen molar-refractivity contribution in [2.45, 2.75) is 31.2 Å². The highest BCUT2D eigenvalue weighted by Crippen LogP contribution is 2.29. The Morgan fingerprint density at radius 1 is 1.42 bits per heavy atom. The van der Waals surface area contributed by atoms with E-state index in [1.165, 1.54) is 0 Å². The van der Waals surface area contributed by atoms with E-state index in [4.69, 9.17) is 5.14 Å². The summed E-state index contributed by atoms with van der Waals surface area (Å²) < 4.78 is 23.4. The van der Waals surface area contributed by atoms with E-state index >= 15 is 0 Å². The SMILES string of the molecule is CCN(c1ccc2sc(S(N)(=O)=O)nc2c1)C(C)C. The van der Waals surface area contributed by atoms with Crippen LogP contribution in [-0.2, 0) is 10.0 Å². The minimum Gasteiger partial charge on any atom is -0.369 e. The number of nitrogens with zero attached hydrogens (tertiary/aromatic N) is 2. The Kier molecular flexibility index (Phi) is 3.80. The van der Waals surface area contributed by atoms with Crippen LogP contribution in [0.1, 0.15) is 20.8 Å². The van der Waals surface area contributed by atoms with Gasteiger partial charge in [0.25, 0.3) is 10.0 Å². The minimum absolute atomic E-state index is 0.0350. The molecule has 0 saturated heterocycles. The van der Waals surface area contributed by atoms with Gasteiger partial charge in [-0.2, -0.15) is 0 Å². The van der Waals surface area contributed by atoms with Gasteiger partial charge in [0, 0.05) is 18.3 Å². The largest absolute Gasteiger partial charge is 0.369 e. The van der Waals surface area contributed by atoms with Gasteiger partial charge in [0.2, 0.25) is 4.34 Å². The van der Waals surface area contributed by atoms with Crippen molar-refractivity contribution in [2.24, 2.45) is 5.14 Å². The number of aromatic nitrogens is 1. The summed E-state index contributed by atoms with van der Waals surface area (Å²) in [6.07, 6.45) is 0. The predicted molar refractivity (Wildman–Crippen MR) is 79.1 cm³/mol. The molecule has 0 aliphatic carbocycles. The van der Waals surface area contributed by atoms with Crippen LogP contribution in [0.2, 0.25) is 0 Å². The molecule has 2 aromatic rings. The van der Waals surface area contributed by atoms with E-state index in [9.17, 15) is 8.42 Å². The van der Waals surface area contributed by atoms with Crippen molar-refractivity contribution in [3.63, 3.8) is 0 Å². The summed E-state index contributed by atoms with van der Waals surface area (Å²) in [5.74, 6) is 0. The van der Waals surface area contributed by atoms with Crippen LogP contribution in [0.5, 0.6) is 0 Å². The topological polar surface area (TPSA) is 76.3 Å². The van der Waals surface area contributed by atoms with E-state index in [0.717, 1.165) is 28.3 Å². The van der Waals surface area contributed by atoms with Crippen LogP contribution in [0.4, 0.5) is 5.69 Å². The van der Waals surface area contributed by atoms with Gasteiger partial charge in [0.05, 0.1) is 10.2 Å². The molecule has 104 valence electrons. The maximum atomic E-state index is 11.3. The number of primary sulfonamides is 1.